The Hall–Kier alpha value is -1.97. The topological polar surface area (TPSA) is 30.2 Å². The fraction of sp³-hybridized carbons (Fsp3) is 0.154. The van der Waals surface area contributed by atoms with Gasteiger partial charge in [0.15, 0.2) is 5.78 Å². The van der Waals surface area contributed by atoms with Crippen LogP contribution in [0.2, 0.25) is 0 Å². The summed E-state index contributed by atoms with van der Waals surface area (Å²) in [5, 5.41) is 0. The summed E-state index contributed by atoms with van der Waals surface area (Å²) in [7, 11) is 0. The molecule has 4 heteroatoms. The maximum atomic E-state index is 13.4. The maximum Gasteiger partial charge on any atom is 0.170 e. The third kappa shape index (κ3) is 2.41. The molecule has 0 atom stereocenters. The molecule has 0 aliphatic heterocycles. The highest BCUT2D eigenvalue weighted by Gasteiger charge is 2.15. The number of hydrogen-bond donors (Lipinski definition) is 0. The van der Waals surface area contributed by atoms with Gasteiger partial charge in [-0.15, -0.1) is 0 Å². The molecule has 1 aromatic heterocycles. The standard InChI is InChI=1S/C13H10F2O2/c1-8-4-10(12(15)6-11(8)14)13(16)5-9-2-3-17-7-9/h2-4,6-7H,5H2,1H3. The number of hydrogen-bond acceptors (Lipinski definition) is 2. The molecule has 1 heterocycles. The Morgan fingerprint density at radius 1 is 1.29 bits per heavy atom. The van der Waals surface area contributed by atoms with Crippen molar-refractivity contribution in [2.45, 2.75) is 13.3 Å². The largest absolute Gasteiger partial charge is 0.472 e. The number of Topliss-reactive ketones (excluding diaryl/α,β-unsaturated/α-hetero) is 1. The molecule has 0 radical (unpaired) electrons. The van der Waals surface area contributed by atoms with E-state index >= 15 is 0 Å². The summed E-state index contributed by atoms with van der Waals surface area (Å²) in [6, 6.07) is 3.59. The van der Waals surface area contributed by atoms with Crippen molar-refractivity contribution in [3.63, 3.8) is 0 Å². The van der Waals surface area contributed by atoms with Crippen LogP contribution in [0.15, 0.2) is 35.1 Å². The van der Waals surface area contributed by atoms with Gasteiger partial charge in [0.05, 0.1) is 18.1 Å². The van der Waals surface area contributed by atoms with Gasteiger partial charge in [0, 0.05) is 12.5 Å². The van der Waals surface area contributed by atoms with Gasteiger partial charge in [0.1, 0.15) is 11.6 Å². The van der Waals surface area contributed by atoms with Gasteiger partial charge in [-0.05, 0) is 30.2 Å². The second kappa shape index (κ2) is 4.49. The van der Waals surface area contributed by atoms with Gasteiger partial charge >= 0.3 is 0 Å². The molecule has 0 spiro atoms. The normalized spacial score (nSPS) is 10.5. The second-order valence-corrected chi connectivity index (χ2v) is 3.81. The Morgan fingerprint density at radius 3 is 2.71 bits per heavy atom. The number of rotatable bonds is 3. The third-order valence-corrected chi connectivity index (χ3v) is 2.49. The van der Waals surface area contributed by atoms with Crippen LogP contribution >= 0.6 is 0 Å². The van der Waals surface area contributed by atoms with E-state index in [2.05, 4.69) is 0 Å². The highest BCUT2D eigenvalue weighted by molar-refractivity contribution is 5.97. The molecule has 0 fully saturated rings. The van der Waals surface area contributed by atoms with Gasteiger partial charge in [-0.25, -0.2) is 8.78 Å². The first-order valence-electron chi connectivity index (χ1n) is 5.08. The molecule has 0 amide bonds. The third-order valence-electron chi connectivity index (χ3n) is 2.49. The molecule has 2 rings (SSSR count). The minimum absolute atomic E-state index is 0.0402. The molecule has 0 N–H and O–H groups in total. The molecular formula is C13H10F2O2. The fourth-order valence-corrected chi connectivity index (χ4v) is 1.54. The monoisotopic (exact) mass is 236 g/mol. The van der Waals surface area contributed by atoms with Crippen LogP contribution in [0.1, 0.15) is 21.5 Å². The lowest BCUT2D eigenvalue weighted by Gasteiger charge is -2.04. The van der Waals surface area contributed by atoms with Crippen LogP contribution in [0.4, 0.5) is 8.78 Å². The van der Waals surface area contributed by atoms with Crippen LogP contribution in [0.3, 0.4) is 0 Å². The fourth-order valence-electron chi connectivity index (χ4n) is 1.54. The van der Waals surface area contributed by atoms with Gasteiger partial charge < -0.3 is 4.42 Å². The van der Waals surface area contributed by atoms with Crippen LogP contribution in [0.5, 0.6) is 0 Å². The lowest BCUT2D eigenvalue weighted by Crippen LogP contribution is -2.07. The lowest BCUT2D eigenvalue weighted by atomic mass is 10.0. The number of aryl methyl sites for hydroxylation is 1. The summed E-state index contributed by atoms with van der Waals surface area (Å²) < 4.78 is 31.3. The van der Waals surface area contributed by atoms with Gasteiger partial charge in [-0.2, -0.15) is 0 Å². The number of ketones is 1. The number of halogens is 2. The van der Waals surface area contributed by atoms with E-state index in [0.29, 0.717) is 5.56 Å². The zero-order valence-electron chi connectivity index (χ0n) is 9.17. The van der Waals surface area contributed by atoms with E-state index in [1.165, 1.54) is 25.5 Å². The zero-order valence-corrected chi connectivity index (χ0v) is 9.17. The minimum atomic E-state index is -0.832. The molecule has 88 valence electrons. The average molecular weight is 236 g/mol. The van der Waals surface area contributed by atoms with Crippen LogP contribution < -0.4 is 0 Å². The van der Waals surface area contributed by atoms with Crippen LogP contribution in [0, 0.1) is 18.6 Å². The Bertz CT molecular complexity index is 545. The van der Waals surface area contributed by atoms with Crippen molar-refractivity contribution in [2.75, 3.05) is 0 Å². The minimum Gasteiger partial charge on any atom is -0.472 e. The molecule has 2 nitrogen and oxygen atoms in total. The summed E-state index contributed by atoms with van der Waals surface area (Å²) in [5.41, 5.74) is 0.823. The van der Waals surface area contributed by atoms with E-state index in [9.17, 15) is 13.6 Å². The Labute approximate surface area is 96.9 Å². The summed E-state index contributed by atoms with van der Waals surface area (Å²) in [6.07, 6.45) is 2.90. The number of furan rings is 1. The molecule has 0 saturated carbocycles. The smallest absolute Gasteiger partial charge is 0.170 e. The predicted molar refractivity (Wildman–Crippen MR) is 57.8 cm³/mol. The molecule has 0 saturated heterocycles. The van der Waals surface area contributed by atoms with Crippen molar-refractivity contribution >= 4 is 5.78 Å². The van der Waals surface area contributed by atoms with E-state index in [1.54, 1.807) is 6.07 Å². The van der Waals surface area contributed by atoms with Crippen molar-refractivity contribution in [2.24, 2.45) is 0 Å². The zero-order chi connectivity index (χ0) is 12.4. The van der Waals surface area contributed by atoms with Crippen molar-refractivity contribution in [1.29, 1.82) is 0 Å². The van der Waals surface area contributed by atoms with E-state index < -0.39 is 17.4 Å². The molecule has 2 aromatic rings. The SMILES string of the molecule is Cc1cc(C(=O)Cc2ccoc2)c(F)cc1F. The van der Waals surface area contributed by atoms with Crippen molar-refractivity contribution < 1.29 is 18.0 Å². The lowest BCUT2D eigenvalue weighted by molar-refractivity contribution is 0.0988. The van der Waals surface area contributed by atoms with Gasteiger partial charge in [0.25, 0.3) is 0 Å². The molecule has 17 heavy (non-hydrogen) atoms. The molecule has 0 aliphatic carbocycles. The quantitative estimate of drug-likeness (QED) is 0.765. The molecular weight excluding hydrogens is 226 g/mol. The molecule has 0 unspecified atom stereocenters. The average Bonchev–Trinajstić information content (AvgIpc) is 2.76. The summed E-state index contributed by atoms with van der Waals surface area (Å²) in [6.45, 7) is 1.49. The summed E-state index contributed by atoms with van der Waals surface area (Å²) in [5.74, 6) is -1.88. The van der Waals surface area contributed by atoms with Crippen molar-refractivity contribution in [3.05, 3.63) is 59.1 Å². The predicted octanol–water partition coefficient (Wildman–Crippen LogP) is 3.29. The summed E-state index contributed by atoms with van der Waals surface area (Å²) >= 11 is 0. The molecule has 0 aliphatic rings. The van der Waals surface area contributed by atoms with Crippen LogP contribution in [-0.4, -0.2) is 5.78 Å². The van der Waals surface area contributed by atoms with Gasteiger partial charge in [-0.3, -0.25) is 4.79 Å². The first-order chi connectivity index (χ1) is 8.08. The molecule has 1 aromatic carbocycles. The van der Waals surface area contributed by atoms with Crippen molar-refractivity contribution in [1.82, 2.24) is 0 Å². The highest BCUT2D eigenvalue weighted by Crippen LogP contribution is 2.16. The first kappa shape index (κ1) is 11.5. The van der Waals surface area contributed by atoms with E-state index in [-0.39, 0.29) is 17.5 Å². The number of carbonyl (C=O) groups excluding carboxylic acids is 1. The number of carbonyl (C=O) groups is 1. The van der Waals surface area contributed by atoms with E-state index in [1.807, 2.05) is 0 Å². The van der Waals surface area contributed by atoms with Crippen molar-refractivity contribution in [3.8, 4) is 0 Å². The Balaban J connectivity index is 2.28. The maximum absolute atomic E-state index is 13.4. The Kier molecular flexibility index (Phi) is 3.04. The Morgan fingerprint density at radius 2 is 2.06 bits per heavy atom. The van der Waals surface area contributed by atoms with Gasteiger partial charge in [-0.1, -0.05) is 0 Å². The van der Waals surface area contributed by atoms with Gasteiger partial charge in [0.2, 0.25) is 0 Å². The van der Waals surface area contributed by atoms with Crippen LogP contribution in [0.25, 0.3) is 0 Å². The van der Waals surface area contributed by atoms with Crippen LogP contribution in [-0.2, 0) is 6.42 Å². The van der Waals surface area contributed by atoms with E-state index in [4.69, 9.17) is 4.42 Å². The second-order valence-electron chi connectivity index (χ2n) is 3.81. The highest BCUT2D eigenvalue weighted by atomic mass is 19.1. The number of benzene rings is 1. The first-order valence-corrected chi connectivity index (χ1v) is 5.08. The molecule has 0 bridgehead atoms. The summed E-state index contributed by atoms with van der Waals surface area (Å²) in [4.78, 5) is 11.8. The van der Waals surface area contributed by atoms with E-state index in [0.717, 1.165) is 6.07 Å².